The van der Waals surface area contributed by atoms with Crippen LogP contribution in [-0.4, -0.2) is 37.1 Å². The highest BCUT2D eigenvalue weighted by Gasteiger charge is 2.30. The summed E-state index contributed by atoms with van der Waals surface area (Å²) < 4.78 is 11.2. The second-order valence-electron chi connectivity index (χ2n) is 6.03. The van der Waals surface area contributed by atoms with Gasteiger partial charge in [0, 0.05) is 48.3 Å². The van der Waals surface area contributed by atoms with Gasteiger partial charge < -0.3 is 19.0 Å². The molecule has 0 N–H and O–H groups in total. The Kier molecular flexibility index (Phi) is 4.14. The van der Waals surface area contributed by atoms with Crippen LogP contribution in [0.2, 0.25) is 10.0 Å². The maximum Gasteiger partial charge on any atom is 0.292 e. The van der Waals surface area contributed by atoms with E-state index in [1.807, 2.05) is 6.07 Å². The van der Waals surface area contributed by atoms with Gasteiger partial charge in [0.25, 0.3) is 5.95 Å². The largest absolute Gasteiger partial charge is 0.426 e. The molecule has 2 aromatic rings. The first-order valence-electron chi connectivity index (χ1n) is 7.82. The molecule has 0 atom stereocenters. The molecule has 6 heteroatoms. The predicted octanol–water partition coefficient (Wildman–Crippen LogP) is 4.46. The molecule has 121 valence electrons. The maximum atomic E-state index is 5.99. The smallest absolute Gasteiger partial charge is 0.292 e. The maximum absolute atomic E-state index is 5.99. The molecule has 1 aromatic carbocycles. The Hall–Kier alpha value is -1.36. The zero-order chi connectivity index (χ0) is 15.8. The van der Waals surface area contributed by atoms with E-state index in [4.69, 9.17) is 32.4 Å². The number of benzene rings is 1. The second kappa shape index (κ2) is 6.27. The van der Waals surface area contributed by atoms with Crippen LogP contribution >= 0.6 is 23.2 Å². The van der Waals surface area contributed by atoms with E-state index < -0.39 is 0 Å². The third kappa shape index (κ3) is 3.30. The van der Waals surface area contributed by atoms with Crippen molar-refractivity contribution >= 4 is 28.9 Å². The van der Waals surface area contributed by atoms with Crippen molar-refractivity contribution in [2.24, 2.45) is 0 Å². The van der Waals surface area contributed by atoms with Crippen LogP contribution in [0.4, 0.5) is 5.69 Å². The Morgan fingerprint density at radius 1 is 1.00 bits per heavy atom. The number of hydrogen-bond acceptors (Lipinski definition) is 4. The summed E-state index contributed by atoms with van der Waals surface area (Å²) >= 11 is 12.0. The average molecular weight is 352 g/mol. The van der Waals surface area contributed by atoms with Crippen LogP contribution in [0, 0.1) is 6.26 Å². The lowest BCUT2D eigenvalue weighted by molar-refractivity contribution is 0.250. The van der Waals surface area contributed by atoms with Gasteiger partial charge in [-0.15, -0.1) is 0 Å². The molecule has 0 aliphatic carbocycles. The molecule has 3 fully saturated rings. The number of fused-ring (bicyclic) bond motifs is 4. The van der Waals surface area contributed by atoms with E-state index in [2.05, 4.69) is 16.1 Å². The third-order valence-electron chi connectivity index (χ3n) is 4.53. The molecule has 0 spiro atoms. The van der Waals surface area contributed by atoms with Gasteiger partial charge in [0.15, 0.2) is 6.26 Å². The molecule has 3 aliphatic heterocycles. The van der Waals surface area contributed by atoms with Crippen molar-refractivity contribution in [1.29, 1.82) is 0 Å². The number of furan rings is 1. The highest BCUT2D eigenvalue weighted by Crippen LogP contribution is 2.33. The van der Waals surface area contributed by atoms with Crippen LogP contribution in [0.25, 0.3) is 0 Å². The van der Waals surface area contributed by atoms with E-state index in [0.717, 1.165) is 18.8 Å². The highest BCUT2D eigenvalue weighted by atomic mass is 35.5. The van der Waals surface area contributed by atoms with Gasteiger partial charge in [-0.05, 0) is 31.0 Å². The molecule has 4 heterocycles. The molecule has 1 radical (unpaired) electrons. The third-order valence-corrected chi connectivity index (χ3v) is 4.97. The predicted molar refractivity (Wildman–Crippen MR) is 90.9 cm³/mol. The lowest BCUT2D eigenvalue weighted by atomic mass is 10.1. The van der Waals surface area contributed by atoms with Gasteiger partial charge >= 0.3 is 0 Å². The summed E-state index contributed by atoms with van der Waals surface area (Å²) in [6, 6.07) is 7.53. The molecule has 2 bridgehead atoms. The molecule has 3 aliphatic rings. The molecule has 3 saturated heterocycles. The van der Waals surface area contributed by atoms with E-state index >= 15 is 0 Å². The zero-order valence-corrected chi connectivity index (χ0v) is 14.1. The number of halogens is 2. The summed E-state index contributed by atoms with van der Waals surface area (Å²) in [5.74, 6) is 0.956. The number of nitrogens with zero attached hydrogens (tertiary/aromatic N) is 2. The van der Waals surface area contributed by atoms with Gasteiger partial charge in [0.2, 0.25) is 0 Å². The summed E-state index contributed by atoms with van der Waals surface area (Å²) in [6.07, 6.45) is 5.36. The van der Waals surface area contributed by atoms with Crippen LogP contribution < -0.4 is 9.64 Å². The summed E-state index contributed by atoms with van der Waals surface area (Å²) in [6.45, 7) is 4.46. The Labute approximate surface area is 145 Å². The number of ether oxygens (including phenoxy) is 1. The van der Waals surface area contributed by atoms with Gasteiger partial charge in [-0.1, -0.05) is 23.2 Å². The van der Waals surface area contributed by atoms with Crippen LogP contribution in [0.5, 0.6) is 11.7 Å². The number of rotatable bonds is 3. The van der Waals surface area contributed by atoms with E-state index in [1.165, 1.54) is 25.9 Å². The first-order valence-corrected chi connectivity index (χ1v) is 8.57. The first kappa shape index (κ1) is 15.2. The molecule has 1 aromatic heterocycles. The number of hydrogen-bond donors (Lipinski definition) is 0. The van der Waals surface area contributed by atoms with E-state index in [1.54, 1.807) is 18.2 Å². The summed E-state index contributed by atoms with van der Waals surface area (Å²) in [7, 11) is 0. The number of piperidine rings is 1. The molecular weight excluding hydrogens is 335 g/mol. The topological polar surface area (TPSA) is 28.9 Å². The lowest BCUT2D eigenvalue weighted by Crippen LogP contribution is -2.37. The SMILES string of the molecule is Clc1cc(Cl)cc(Oc2cc(N3CCN4CCC3CC4)[c]o2)c1. The summed E-state index contributed by atoms with van der Waals surface area (Å²) in [4.78, 5) is 4.90. The lowest BCUT2D eigenvalue weighted by Gasteiger charge is -2.31. The fraction of sp³-hybridized carbons (Fsp3) is 0.412. The molecular formula is C17H17Cl2N2O2. The van der Waals surface area contributed by atoms with Crippen molar-refractivity contribution in [3.63, 3.8) is 0 Å². The van der Waals surface area contributed by atoms with Gasteiger partial charge in [0.05, 0.1) is 5.69 Å². The second-order valence-corrected chi connectivity index (χ2v) is 6.90. The number of anilines is 1. The van der Waals surface area contributed by atoms with Crippen molar-refractivity contribution < 1.29 is 9.15 Å². The molecule has 4 nitrogen and oxygen atoms in total. The monoisotopic (exact) mass is 351 g/mol. The fourth-order valence-electron chi connectivity index (χ4n) is 3.37. The average Bonchev–Trinajstić information content (AvgIpc) is 2.76. The van der Waals surface area contributed by atoms with Crippen LogP contribution in [0.15, 0.2) is 28.7 Å². The van der Waals surface area contributed by atoms with Crippen LogP contribution in [-0.2, 0) is 0 Å². The molecule has 0 amide bonds. The van der Waals surface area contributed by atoms with Crippen molar-refractivity contribution in [3.8, 4) is 11.7 Å². The zero-order valence-electron chi connectivity index (χ0n) is 12.6. The van der Waals surface area contributed by atoms with Crippen molar-refractivity contribution in [3.05, 3.63) is 40.6 Å². The van der Waals surface area contributed by atoms with E-state index in [-0.39, 0.29) is 0 Å². The normalized spacial score (nSPS) is 23.8. The van der Waals surface area contributed by atoms with Crippen molar-refractivity contribution in [2.45, 2.75) is 18.9 Å². The van der Waals surface area contributed by atoms with Gasteiger partial charge in [-0.3, -0.25) is 0 Å². The minimum atomic E-state index is 0.400. The van der Waals surface area contributed by atoms with Crippen LogP contribution in [0.3, 0.4) is 0 Å². The summed E-state index contributed by atoms with van der Waals surface area (Å²) in [5.41, 5.74) is 0.960. The molecule has 0 unspecified atom stereocenters. The Morgan fingerprint density at radius 2 is 1.74 bits per heavy atom. The first-order chi connectivity index (χ1) is 11.2. The van der Waals surface area contributed by atoms with Gasteiger partial charge in [-0.2, -0.15) is 0 Å². The highest BCUT2D eigenvalue weighted by molar-refractivity contribution is 6.34. The Bertz CT molecular complexity index is 675. The summed E-state index contributed by atoms with van der Waals surface area (Å²) in [5, 5.41) is 1.06. The van der Waals surface area contributed by atoms with Crippen molar-refractivity contribution in [1.82, 2.24) is 4.90 Å². The minimum absolute atomic E-state index is 0.400. The van der Waals surface area contributed by atoms with E-state index in [0.29, 0.717) is 27.8 Å². The molecule has 5 rings (SSSR count). The molecule has 0 saturated carbocycles. The Morgan fingerprint density at radius 3 is 2.48 bits per heavy atom. The van der Waals surface area contributed by atoms with E-state index in [9.17, 15) is 0 Å². The van der Waals surface area contributed by atoms with Crippen molar-refractivity contribution in [2.75, 3.05) is 31.1 Å². The van der Waals surface area contributed by atoms with Gasteiger partial charge in [0.1, 0.15) is 5.75 Å². The molecule has 23 heavy (non-hydrogen) atoms. The van der Waals surface area contributed by atoms with Gasteiger partial charge in [-0.25, -0.2) is 0 Å². The standard InChI is InChI=1S/C17H17Cl2N2O2/c18-12-7-13(19)9-16(8-12)23-17-10-15(11-22-17)21-6-5-20-3-1-14(21)2-4-20/h7-10,14H,1-6H2. The quantitative estimate of drug-likeness (QED) is 0.815. The Balaban J connectivity index is 1.52. The minimum Gasteiger partial charge on any atom is -0.426 e. The van der Waals surface area contributed by atoms with Crippen LogP contribution in [0.1, 0.15) is 12.8 Å². The fourth-order valence-corrected chi connectivity index (χ4v) is 3.88.